The number of nitrogens with zero attached hydrogens (tertiary/aromatic N) is 4. The zero-order valence-corrected chi connectivity index (χ0v) is 13.5. The lowest BCUT2D eigenvalue weighted by atomic mass is 10.2. The van der Waals surface area contributed by atoms with E-state index in [2.05, 4.69) is 15.0 Å². The molecule has 1 rings (SSSR count). The van der Waals surface area contributed by atoms with Gasteiger partial charge in [0.15, 0.2) is 11.9 Å². The van der Waals surface area contributed by atoms with Crippen molar-refractivity contribution < 1.29 is 0 Å². The van der Waals surface area contributed by atoms with E-state index in [-0.39, 0.29) is 23.8 Å². The Hall–Kier alpha value is -3.30. The summed E-state index contributed by atoms with van der Waals surface area (Å²) >= 11 is 0. The third-order valence-corrected chi connectivity index (χ3v) is 2.21. The van der Waals surface area contributed by atoms with Crippen molar-refractivity contribution in [3.05, 3.63) is 29.8 Å². The van der Waals surface area contributed by atoms with Crippen molar-refractivity contribution in [1.82, 2.24) is 4.90 Å². The van der Waals surface area contributed by atoms with Gasteiger partial charge in [0.1, 0.15) is 0 Å². The van der Waals surface area contributed by atoms with Crippen molar-refractivity contribution in [1.29, 1.82) is 5.41 Å². The van der Waals surface area contributed by atoms with Gasteiger partial charge in [0, 0.05) is 14.1 Å². The monoisotopic (exact) mass is 320 g/mol. The third kappa shape index (κ3) is 10.1. The molecule has 0 atom stereocenters. The van der Waals surface area contributed by atoms with Gasteiger partial charge in [-0.3, -0.25) is 5.41 Å². The molecular formula is C13H24N10. The first-order valence-electron chi connectivity index (χ1n) is 6.47. The molecule has 0 saturated heterocycles. The number of hydrogen-bond acceptors (Lipinski definition) is 2. The summed E-state index contributed by atoms with van der Waals surface area (Å²) in [5.41, 5.74) is 27.8. The summed E-state index contributed by atoms with van der Waals surface area (Å²) in [4.78, 5) is 12.6. The highest BCUT2D eigenvalue weighted by Crippen LogP contribution is 2.11. The Bertz CT molecular complexity index is 594. The molecule has 11 N–H and O–H groups in total. The van der Waals surface area contributed by atoms with Crippen LogP contribution in [0.3, 0.4) is 0 Å². The highest BCUT2D eigenvalue weighted by molar-refractivity contribution is 5.93. The predicted molar refractivity (Wildman–Crippen MR) is 95.5 cm³/mol. The SMILES string of the molecule is CN(C)C(N)=NC(=N)N.Cc1ccc(N=C(N)N=C(N)N)cc1. The summed E-state index contributed by atoms with van der Waals surface area (Å²) in [5, 5.41) is 6.70. The molecule has 0 radical (unpaired) electrons. The third-order valence-electron chi connectivity index (χ3n) is 2.21. The molecule has 0 aliphatic rings. The van der Waals surface area contributed by atoms with Crippen LogP contribution < -0.4 is 28.7 Å². The minimum Gasteiger partial charge on any atom is -0.370 e. The minimum absolute atomic E-state index is 0.0499. The molecule has 0 saturated carbocycles. The number of nitrogens with two attached hydrogens (primary N) is 5. The number of benzene rings is 1. The molecule has 1 aromatic carbocycles. The maximum absolute atomic E-state index is 6.70. The molecule has 0 fully saturated rings. The highest BCUT2D eigenvalue weighted by Gasteiger charge is 1.92. The lowest BCUT2D eigenvalue weighted by Gasteiger charge is -2.08. The van der Waals surface area contributed by atoms with Crippen LogP contribution in [0.5, 0.6) is 0 Å². The average molecular weight is 320 g/mol. The van der Waals surface area contributed by atoms with E-state index >= 15 is 0 Å². The summed E-state index contributed by atoms with van der Waals surface area (Å²) in [5.74, 6) is -0.0871. The van der Waals surface area contributed by atoms with E-state index in [1.54, 1.807) is 19.0 Å². The smallest absolute Gasteiger partial charge is 0.223 e. The molecule has 0 bridgehead atoms. The van der Waals surface area contributed by atoms with E-state index in [9.17, 15) is 0 Å². The first-order chi connectivity index (χ1) is 10.6. The van der Waals surface area contributed by atoms with Crippen LogP contribution in [0.2, 0.25) is 0 Å². The number of rotatable bonds is 1. The standard InChI is InChI=1S/C9H13N5.C4H11N5/c1-6-2-4-7(5-3-6)13-9(12)14-8(10)11;1-9(2)4(7)8-3(5)6/h2-5H,1H3,(H6,10,11,12,13,14);1-2H3,(H5,5,6,7,8). The van der Waals surface area contributed by atoms with E-state index in [0.29, 0.717) is 0 Å². The Morgan fingerprint density at radius 1 is 0.957 bits per heavy atom. The Labute approximate surface area is 135 Å². The van der Waals surface area contributed by atoms with E-state index in [4.69, 9.17) is 34.1 Å². The van der Waals surface area contributed by atoms with Crippen LogP contribution in [0.1, 0.15) is 5.56 Å². The molecule has 10 nitrogen and oxygen atoms in total. The van der Waals surface area contributed by atoms with Crippen LogP contribution in [-0.4, -0.2) is 42.8 Å². The van der Waals surface area contributed by atoms with Gasteiger partial charge >= 0.3 is 0 Å². The zero-order chi connectivity index (χ0) is 18.0. The first kappa shape index (κ1) is 19.7. The molecule has 0 heterocycles. The topological polar surface area (TPSA) is 194 Å². The maximum atomic E-state index is 6.70. The van der Waals surface area contributed by atoms with Crippen LogP contribution >= 0.6 is 0 Å². The quantitative estimate of drug-likeness (QED) is 0.282. The lowest BCUT2D eigenvalue weighted by Crippen LogP contribution is -2.32. The van der Waals surface area contributed by atoms with Gasteiger partial charge in [0.2, 0.25) is 11.9 Å². The van der Waals surface area contributed by atoms with Gasteiger partial charge in [0.25, 0.3) is 0 Å². The van der Waals surface area contributed by atoms with Crippen LogP contribution in [0.25, 0.3) is 0 Å². The highest BCUT2D eigenvalue weighted by atomic mass is 15.2. The summed E-state index contributed by atoms with van der Waals surface area (Å²) in [6, 6.07) is 7.54. The second-order valence-electron chi connectivity index (χ2n) is 4.59. The van der Waals surface area contributed by atoms with Gasteiger partial charge in [-0.25, -0.2) is 4.99 Å². The van der Waals surface area contributed by atoms with Gasteiger partial charge in [-0.05, 0) is 19.1 Å². The van der Waals surface area contributed by atoms with Crippen LogP contribution in [-0.2, 0) is 0 Å². The van der Waals surface area contributed by atoms with E-state index in [1.807, 2.05) is 31.2 Å². The van der Waals surface area contributed by atoms with Crippen molar-refractivity contribution in [2.45, 2.75) is 6.92 Å². The summed E-state index contributed by atoms with van der Waals surface area (Å²) in [6.45, 7) is 1.99. The average Bonchev–Trinajstić information content (AvgIpc) is 2.40. The molecule has 0 amide bonds. The molecule has 0 aliphatic heterocycles. The van der Waals surface area contributed by atoms with Crippen molar-refractivity contribution in [3.63, 3.8) is 0 Å². The number of aliphatic imine (C=N–C) groups is 3. The molecule has 0 aromatic heterocycles. The molecule has 23 heavy (non-hydrogen) atoms. The zero-order valence-electron chi connectivity index (χ0n) is 13.5. The van der Waals surface area contributed by atoms with E-state index in [0.717, 1.165) is 11.3 Å². The molecule has 0 unspecified atom stereocenters. The largest absolute Gasteiger partial charge is 0.370 e. The first-order valence-corrected chi connectivity index (χ1v) is 6.47. The van der Waals surface area contributed by atoms with Gasteiger partial charge in [-0.2, -0.15) is 9.98 Å². The van der Waals surface area contributed by atoms with Crippen molar-refractivity contribution in [2.24, 2.45) is 43.6 Å². The van der Waals surface area contributed by atoms with Gasteiger partial charge in [-0.1, -0.05) is 17.7 Å². The number of nitrogens with one attached hydrogen (secondary N) is 1. The molecule has 0 spiro atoms. The molecule has 126 valence electrons. The van der Waals surface area contributed by atoms with Gasteiger partial charge in [-0.15, -0.1) is 0 Å². The Balaban J connectivity index is 0.000000468. The summed E-state index contributed by atoms with van der Waals surface area (Å²) in [7, 11) is 3.45. The second-order valence-corrected chi connectivity index (χ2v) is 4.59. The van der Waals surface area contributed by atoms with E-state index in [1.165, 1.54) is 0 Å². The van der Waals surface area contributed by atoms with Crippen LogP contribution in [0, 0.1) is 12.3 Å². The van der Waals surface area contributed by atoms with Crippen molar-refractivity contribution in [3.8, 4) is 0 Å². The fraction of sp³-hybridized carbons (Fsp3) is 0.231. The molecule has 0 aliphatic carbocycles. The van der Waals surface area contributed by atoms with Crippen LogP contribution in [0.4, 0.5) is 5.69 Å². The number of aryl methyl sites for hydroxylation is 1. The van der Waals surface area contributed by atoms with Gasteiger partial charge in [0.05, 0.1) is 5.69 Å². The fourth-order valence-electron chi connectivity index (χ4n) is 1.13. The van der Waals surface area contributed by atoms with Crippen LogP contribution in [0.15, 0.2) is 39.2 Å². The number of guanidine groups is 4. The normalized spacial score (nSPS) is 11.1. The fourth-order valence-corrected chi connectivity index (χ4v) is 1.13. The maximum Gasteiger partial charge on any atom is 0.223 e. The molecular weight excluding hydrogens is 296 g/mol. The summed E-state index contributed by atoms with van der Waals surface area (Å²) in [6.07, 6.45) is 0. The summed E-state index contributed by atoms with van der Waals surface area (Å²) < 4.78 is 0. The van der Waals surface area contributed by atoms with E-state index < -0.39 is 0 Å². The van der Waals surface area contributed by atoms with Crippen molar-refractivity contribution in [2.75, 3.05) is 14.1 Å². The number of hydrogen-bond donors (Lipinski definition) is 6. The Kier molecular flexibility index (Phi) is 8.22. The molecule has 1 aromatic rings. The van der Waals surface area contributed by atoms with Crippen molar-refractivity contribution >= 4 is 29.5 Å². The minimum atomic E-state index is -0.277. The molecule has 10 heteroatoms. The van der Waals surface area contributed by atoms with Gasteiger partial charge < -0.3 is 33.6 Å². The Morgan fingerprint density at radius 3 is 1.83 bits per heavy atom. The Morgan fingerprint density at radius 2 is 1.48 bits per heavy atom. The second kappa shape index (κ2) is 9.60. The predicted octanol–water partition coefficient (Wildman–Crippen LogP) is -1.03. The lowest BCUT2D eigenvalue weighted by molar-refractivity contribution is 0.615.